The first-order valence-electron chi connectivity index (χ1n) is 9.09. The Morgan fingerprint density at radius 2 is 1.48 bits per heavy atom. The van der Waals surface area contributed by atoms with Crippen molar-refractivity contribution in [3.63, 3.8) is 0 Å². The Morgan fingerprint density at radius 3 is 2.20 bits per heavy atom. The van der Waals surface area contributed by atoms with Gasteiger partial charge in [0.1, 0.15) is 11.6 Å². The molecule has 2 aliphatic rings. The van der Waals surface area contributed by atoms with Gasteiger partial charge in [-0.15, -0.1) is 0 Å². The van der Waals surface area contributed by atoms with E-state index in [1.165, 1.54) is 17.7 Å². The van der Waals surface area contributed by atoms with Crippen LogP contribution in [0.25, 0.3) is 0 Å². The largest absolute Gasteiger partial charge is 0.304 e. The Balaban J connectivity index is 1.68. The van der Waals surface area contributed by atoms with Crippen molar-refractivity contribution in [3.8, 4) is 0 Å². The van der Waals surface area contributed by atoms with Crippen LogP contribution in [0, 0.1) is 11.6 Å². The molecule has 2 aromatic rings. The molecule has 0 amide bonds. The lowest BCUT2D eigenvalue weighted by atomic mass is 9.76. The highest BCUT2D eigenvalue weighted by molar-refractivity contribution is 5.42. The summed E-state index contributed by atoms with van der Waals surface area (Å²) in [5, 5.41) is 0. The normalized spacial score (nSPS) is 24.9. The number of hydrogen-bond acceptors (Lipinski definition) is 2. The van der Waals surface area contributed by atoms with Crippen molar-refractivity contribution in [1.29, 1.82) is 0 Å². The molecule has 1 aliphatic carbocycles. The second-order valence-electron chi connectivity index (χ2n) is 7.31. The maximum atomic E-state index is 14.0. The number of rotatable bonds is 2. The monoisotopic (exact) mass is 342 g/mol. The molecule has 132 valence electrons. The van der Waals surface area contributed by atoms with E-state index in [2.05, 4.69) is 16.8 Å². The van der Waals surface area contributed by atoms with Crippen molar-refractivity contribution in [3.05, 3.63) is 70.8 Å². The fraction of sp³-hybridized carbons (Fsp3) is 0.429. The van der Waals surface area contributed by atoms with Gasteiger partial charge in [-0.25, -0.2) is 8.78 Å². The Hall–Kier alpha value is -1.78. The molecule has 1 saturated heterocycles. The third kappa shape index (κ3) is 3.33. The van der Waals surface area contributed by atoms with Crippen LogP contribution < -0.4 is 0 Å². The molecular formula is C21H24F2N2. The van der Waals surface area contributed by atoms with Crippen LogP contribution >= 0.6 is 0 Å². The van der Waals surface area contributed by atoms with E-state index in [-0.39, 0.29) is 23.6 Å². The molecular weight excluding hydrogens is 318 g/mol. The Labute approximate surface area is 148 Å². The molecule has 0 saturated carbocycles. The van der Waals surface area contributed by atoms with Crippen LogP contribution in [-0.4, -0.2) is 43.0 Å². The Morgan fingerprint density at radius 1 is 0.800 bits per heavy atom. The lowest BCUT2D eigenvalue weighted by Gasteiger charge is -2.42. The molecule has 2 unspecified atom stereocenters. The number of hydrogen-bond donors (Lipinski definition) is 0. The highest BCUT2D eigenvalue weighted by Gasteiger charge is 2.33. The van der Waals surface area contributed by atoms with Crippen molar-refractivity contribution < 1.29 is 8.78 Å². The van der Waals surface area contributed by atoms with Gasteiger partial charge in [0.05, 0.1) is 0 Å². The first-order chi connectivity index (χ1) is 12.1. The van der Waals surface area contributed by atoms with E-state index in [1.54, 1.807) is 12.1 Å². The minimum atomic E-state index is -0.214. The molecule has 4 heteroatoms. The zero-order valence-electron chi connectivity index (χ0n) is 14.6. The van der Waals surface area contributed by atoms with Gasteiger partial charge in [-0.05, 0) is 60.8 Å². The SMILES string of the molecule is CN1CCN(C2CCC(c3ccc(F)cc3)c3ccc(F)cc32)CC1. The first kappa shape index (κ1) is 16.7. The Bertz CT molecular complexity index is 736. The van der Waals surface area contributed by atoms with Crippen molar-refractivity contribution in [2.75, 3.05) is 33.2 Å². The van der Waals surface area contributed by atoms with Crippen molar-refractivity contribution in [1.82, 2.24) is 9.80 Å². The molecule has 1 fully saturated rings. The third-order valence-corrected chi connectivity index (χ3v) is 5.76. The predicted molar refractivity (Wildman–Crippen MR) is 95.7 cm³/mol. The number of likely N-dealkylation sites (N-methyl/N-ethyl adjacent to an activating group) is 1. The first-order valence-corrected chi connectivity index (χ1v) is 9.09. The standard InChI is InChI=1S/C21H24F2N2/c1-24-10-12-25(13-11-24)21-9-8-18(15-2-4-16(22)5-3-15)19-7-6-17(23)14-20(19)21/h2-7,14,18,21H,8-13H2,1H3. The molecule has 2 atom stereocenters. The second kappa shape index (κ2) is 6.85. The van der Waals surface area contributed by atoms with Crippen molar-refractivity contribution in [2.45, 2.75) is 24.8 Å². The highest BCUT2D eigenvalue weighted by atomic mass is 19.1. The summed E-state index contributed by atoms with van der Waals surface area (Å²) in [6.45, 7) is 4.17. The Kier molecular flexibility index (Phi) is 4.57. The van der Waals surface area contributed by atoms with Gasteiger partial charge in [-0.2, -0.15) is 0 Å². The van der Waals surface area contributed by atoms with Gasteiger partial charge in [-0.1, -0.05) is 18.2 Å². The molecule has 0 aromatic heterocycles. The smallest absolute Gasteiger partial charge is 0.123 e. The molecule has 0 radical (unpaired) electrons. The van der Waals surface area contributed by atoms with Crippen molar-refractivity contribution >= 4 is 0 Å². The average molecular weight is 342 g/mol. The van der Waals surface area contributed by atoms with Crippen LogP contribution in [0.2, 0.25) is 0 Å². The van der Waals surface area contributed by atoms with E-state index >= 15 is 0 Å². The van der Waals surface area contributed by atoms with Gasteiger partial charge in [0.25, 0.3) is 0 Å². The predicted octanol–water partition coefficient (Wildman–Crippen LogP) is 4.18. The van der Waals surface area contributed by atoms with Crippen molar-refractivity contribution in [2.24, 2.45) is 0 Å². The quantitative estimate of drug-likeness (QED) is 0.808. The van der Waals surface area contributed by atoms with E-state index in [0.29, 0.717) is 0 Å². The van der Waals surface area contributed by atoms with E-state index in [1.807, 2.05) is 18.2 Å². The lowest BCUT2D eigenvalue weighted by molar-refractivity contribution is 0.101. The summed E-state index contributed by atoms with van der Waals surface area (Å²) in [5.41, 5.74) is 3.43. The van der Waals surface area contributed by atoms with Gasteiger partial charge in [0.15, 0.2) is 0 Å². The molecule has 1 aliphatic heterocycles. The fourth-order valence-electron chi connectivity index (χ4n) is 4.34. The van der Waals surface area contributed by atoms with Crippen LogP contribution in [0.15, 0.2) is 42.5 Å². The number of piperazine rings is 1. The molecule has 0 N–H and O–H groups in total. The third-order valence-electron chi connectivity index (χ3n) is 5.76. The summed E-state index contributed by atoms with van der Waals surface area (Å²) >= 11 is 0. The van der Waals surface area contributed by atoms with Gasteiger partial charge in [0, 0.05) is 38.1 Å². The van der Waals surface area contributed by atoms with Crippen LogP contribution in [0.1, 0.15) is 41.5 Å². The number of fused-ring (bicyclic) bond motifs is 1. The van der Waals surface area contributed by atoms with E-state index in [0.717, 1.165) is 50.1 Å². The number of nitrogens with zero attached hydrogens (tertiary/aromatic N) is 2. The molecule has 0 spiro atoms. The van der Waals surface area contributed by atoms with Gasteiger partial charge >= 0.3 is 0 Å². The zero-order chi connectivity index (χ0) is 17.4. The molecule has 2 nitrogen and oxygen atoms in total. The summed E-state index contributed by atoms with van der Waals surface area (Å²) in [7, 11) is 2.15. The van der Waals surface area contributed by atoms with Crippen LogP contribution in [-0.2, 0) is 0 Å². The van der Waals surface area contributed by atoms with Gasteiger partial charge < -0.3 is 4.90 Å². The topological polar surface area (TPSA) is 6.48 Å². The summed E-state index contributed by atoms with van der Waals surface area (Å²) < 4.78 is 27.3. The summed E-state index contributed by atoms with van der Waals surface area (Å²) in [5.74, 6) is -0.160. The fourth-order valence-corrected chi connectivity index (χ4v) is 4.34. The maximum Gasteiger partial charge on any atom is 0.123 e. The molecule has 2 aromatic carbocycles. The van der Waals surface area contributed by atoms with Gasteiger partial charge in [-0.3, -0.25) is 4.90 Å². The highest BCUT2D eigenvalue weighted by Crippen LogP contribution is 2.44. The van der Waals surface area contributed by atoms with Crippen LogP contribution in [0.4, 0.5) is 8.78 Å². The second-order valence-corrected chi connectivity index (χ2v) is 7.31. The lowest BCUT2D eigenvalue weighted by Crippen LogP contribution is -2.46. The summed E-state index contributed by atoms with van der Waals surface area (Å²) in [6, 6.07) is 12.3. The zero-order valence-corrected chi connectivity index (χ0v) is 14.6. The molecule has 0 bridgehead atoms. The molecule has 1 heterocycles. The summed E-state index contributed by atoms with van der Waals surface area (Å²) in [4.78, 5) is 4.84. The molecule has 4 rings (SSSR count). The molecule has 25 heavy (non-hydrogen) atoms. The van der Waals surface area contributed by atoms with E-state index in [4.69, 9.17) is 0 Å². The van der Waals surface area contributed by atoms with Gasteiger partial charge in [0.2, 0.25) is 0 Å². The van der Waals surface area contributed by atoms with Crippen LogP contribution in [0.3, 0.4) is 0 Å². The van der Waals surface area contributed by atoms with Crippen LogP contribution in [0.5, 0.6) is 0 Å². The minimum Gasteiger partial charge on any atom is -0.304 e. The number of benzene rings is 2. The maximum absolute atomic E-state index is 14.0. The van der Waals surface area contributed by atoms with E-state index in [9.17, 15) is 8.78 Å². The average Bonchev–Trinajstić information content (AvgIpc) is 2.62. The van der Waals surface area contributed by atoms with E-state index < -0.39 is 0 Å². The minimum absolute atomic E-state index is 0.169. The number of halogens is 2. The summed E-state index contributed by atoms with van der Waals surface area (Å²) in [6.07, 6.45) is 2.03.